The molecule has 1 saturated carbocycles. The SMILES string of the molecule is Cc1cccc(C(=O)N(C)C2CCC3(CC2)OCCO3)c1. The van der Waals surface area contributed by atoms with E-state index in [1.165, 1.54) is 0 Å². The largest absolute Gasteiger partial charge is 0.348 e. The molecule has 0 bridgehead atoms. The minimum atomic E-state index is -0.357. The van der Waals surface area contributed by atoms with Crippen molar-refractivity contribution >= 4 is 5.91 Å². The number of benzene rings is 1. The van der Waals surface area contributed by atoms with Crippen LogP contribution in [0.15, 0.2) is 24.3 Å². The van der Waals surface area contributed by atoms with E-state index in [0.29, 0.717) is 13.2 Å². The Morgan fingerprint density at radius 1 is 1.24 bits per heavy atom. The van der Waals surface area contributed by atoms with Gasteiger partial charge in [-0.3, -0.25) is 4.79 Å². The van der Waals surface area contributed by atoms with Crippen molar-refractivity contribution in [2.24, 2.45) is 0 Å². The average molecular weight is 289 g/mol. The Bertz CT molecular complexity index is 513. The first-order valence-electron chi connectivity index (χ1n) is 7.71. The minimum Gasteiger partial charge on any atom is -0.348 e. The maximum absolute atomic E-state index is 12.6. The standard InChI is InChI=1S/C17H23NO3/c1-13-4-3-5-14(12-13)16(19)18(2)15-6-8-17(9-7-15)20-10-11-21-17/h3-5,12,15H,6-11H2,1-2H3. The van der Waals surface area contributed by atoms with E-state index in [-0.39, 0.29) is 17.7 Å². The van der Waals surface area contributed by atoms with E-state index in [0.717, 1.165) is 36.8 Å². The Morgan fingerprint density at radius 2 is 1.90 bits per heavy atom. The molecule has 1 heterocycles. The number of carbonyl (C=O) groups is 1. The van der Waals surface area contributed by atoms with Crippen LogP contribution in [-0.2, 0) is 9.47 Å². The zero-order chi connectivity index (χ0) is 14.9. The highest BCUT2D eigenvalue weighted by Crippen LogP contribution is 2.37. The second-order valence-corrected chi connectivity index (χ2v) is 6.12. The lowest BCUT2D eigenvalue weighted by Crippen LogP contribution is -2.44. The minimum absolute atomic E-state index is 0.105. The van der Waals surface area contributed by atoms with Crippen LogP contribution in [-0.4, -0.2) is 42.9 Å². The molecule has 2 aliphatic rings. The molecule has 0 radical (unpaired) electrons. The quantitative estimate of drug-likeness (QED) is 0.840. The lowest BCUT2D eigenvalue weighted by atomic mass is 9.89. The molecule has 1 spiro atoms. The van der Waals surface area contributed by atoms with Gasteiger partial charge >= 0.3 is 0 Å². The number of ether oxygens (including phenoxy) is 2. The Balaban J connectivity index is 1.63. The summed E-state index contributed by atoms with van der Waals surface area (Å²) in [5.41, 5.74) is 1.88. The third kappa shape index (κ3) is 2.97. The first kappa shape index (κ1) is 14.5. The highest BCUT2D eigenvalue weighted by Gasteiger charge is 2.41. The summed E-state index contributed by atoms with van der Waals surface area (Å²) in [5, 5.41) is 0. The first-order valence-corrected chi connectivity index (χ1v) is 7.71. The summed E-state index contributed by atoms with van der Waals surface area (Å²) in [6, 6.07) is 8.06. The molecule has 1 aromatic carbocycles. The van der Waals surface area contributed by atoms with Crippen molar-refractivity contribution in [2.75, 3.05) is 20.3 Å². The predicted octanol–water partition coefficient (Wildman–Crippen LogP) is 2.75. The number of carbonyl (C=O) groups excluding carboxylic acids is 1. The van der Waals surface area contributed by atoms with Crippen LogP contribution in [0.5, 0.6) is 0 Å². The van der Waals surface area contributed by atoms with Crippen LogP contribution in [0.2, 0.25) is 0 Å². The molecule has 0 aromatic heterocycles. The van der Waals surface area contributed by atoms with Crippen LogP contribution >= 0.6 is 0 Å². The number of hydrogen-bond donors (Lipinski definition) is 0. The topological polar surface area (TPSA) is 38.8 Å². The van der Waals surface area contributed by atoms with Crippen LogP contribution in [0, 0.1) is 6.92 Å². The smallest absolute Gasteiger partial charge is 0.253 e. The molecule has 1 aliphatic heterocycles. The van der Waals surface area contributed by atoms with Crippen LogP contribution < -0.4 is 0 Å². The van der Waals surface area contributed by atoms with Gasteiger partial charge in [0.15, 0.2) is 5.79 Å². The Kier molecular flexibility index (Phi) is 4.00. The number of aryl methyl sites for hydroxylation is 1. The van der Waals surface area contributed by atoms with Crippen molar-refractivity contribution in [1.29, 1.82) is 0 Å². The van der Waals surface area contributed by atoms with Crippen molar-refractivity contribution in [1.82, 2.24) is 4.90 Å². The van der Waals surface area contributed by atoms with E-state index in [4.69, 9.17) is 9.47 Å². The lowest BCUT2D eigenvalue weighted by Gasteiger charge is -2.39. The maximum Gasteiger partial charge on any atom is 0.253 e. The summed E-state index contributed by atoms with van der Waals surface area (Å²) in [6.07, 6.45) is 3.63. The molecule has 1 saturated heterocycles. The molecule has 0 unspecified atom stereocenters. The van der Waals surface area contributed by atoms with Crippen molar-refractivity contribution in [3.05, 3.63) is 35.4 Å². The van der Waals surface area contributed by atoms with Gasteiger partial charge in [-0.15, -0.1) is 0 Å². The van der Waals surface area contributed by atoms with Crippen LogP contribution in [0.25, 0.3) is 0 Å². The number of amides is 1. The van der Waals surface area contributed by atoms with Gasteiger partial charge in [-0.25, -0.2) is 0 Å². The normalized spacial score (nSPS) is 21.6. The summed E-state index contributed by atoms with van der Waals surface area (Å²) in [5.74, 6) is -0.253. The van der Waals surface area contributed by atoms with Gasteiger partial charge in [0, 0.05) is 31.5 Å². The van der Waals surface area contributed by atoms with Gasteiger partial charge < -0.3 is 14.4 Å². The van der Waals surface area contributed by atoms with Gasteiger partial charge in [0.2, 0.25) is 0 Å². The average Bonchev–Trinajstić information content (AvgIpc) is 2.95. The third-order valence-electron chi connectivity index (χ3n) is 4.66. The molecule has 114 valence electrons. The molecule has 1 aliphatic carbocycles. The summed E-state index contributed by atoms with van der Waals surface area (Å²) in [6.45, 7) is 3.40. The fraction of sp³-hybridized carbons (Fsp3) is 0.588. The van der Waals surface area contributed by atoms with E-state index in [1.807, 2.05) is 43.1 Å². The monoisotopic (exact) mass is 289 g/mol. The summed E-state index contributed by atoms with van der Waals surface area (Å²) in [7, 11) is 1.91. The van der Waals surface area contributed by atoms with Crippen molar-refractivity contribution in [3.63, 3.8) is 0 Å². The van der Waals surface area contributed by atoms with Gasteiger partial charge in [-0.1, -0.05) is 17.7 Å². The maximum atomic E-state index is 12.6. The Hall–Kier alpha value is -1.39. The molecular weight excluding hydrogens is 266 g/mol. The van der Waals surface area contributed by atoms with E-state index in [2.05, 4.69) is 0 Å². The molecule has 0 N–H and O–H groups in total. The molecule has 4 nitrogen and oxygen atoms in total. The molecular formula is C17H23NO3. The fourth-order valence-electron chi connectivity index (χ4n) is 3.36. The summed E-state index contributed by atoms with van der Waals surface area (Å²) < 4.78 is 11.5. The van der Waals surface area contributed by atoms with Gasteiger partial charge in [0.1, 0.15) is 0 Å². The molecule has 1 aromatic rings. The predicted molar refractivity (Wildman–Crippen MR) is 80.2 cm³/mol. The van der Waals surface area contributed by atoms with Gasteiger partial charge in [0.05, 0.1) is 13.2 Å². The molecule has 0 atom stereocenters. The van der Waals surface area contributed by atoms with Crippen molar-refractivity contribution in [3.8, 4) is 0 Å². The lowest BCUT2D eigenvalue weighted by molar-refractivity contribution is -0.182. The van der Waals surface area contributed by atoms with E-state index in [1.54, 1.807) is 0 Å². The summed E-state index contributed by atoms with van der Waals surface area (Å²) >= 11 is 0. The zero-order valence-electron chi connectivity index (χ0n) is 12.8. The number of hydrogen-bond acceptors (Lipinski definition) is 3. The first-order chi connectivity index (χ1) is 10.1. The van der Waals surface area contributed by atoms with Crippen molar-refractivity contribution < 1.29 is 14.3 Å². The molecule has 21 heavy (non-hydrogen) atoms. The Morgan fingerprint density at radius 3 is 2.52 bits per heavy atom. The molecule has 1 amide bonds. The zero-order valence-corrected chi connectivity index (χ0v) is 12.8. The van der Waals surface area contributed by atoms with Crippen LogP contribution in [0.1, 0.15) is 41.6 Å². The van der Waals surface area contributed by atoms with Gasteiger partial charge in [-0.05, 0) is 31.9 Å². The van der Waals surface area contributed by atoms with Crippen molar-refractivity contribution in [2.45, 2.75) is 44.4 Å². The second-order valence-electron chi connectivity index (χ2n) is 6.12. The molecule has 4 heteroatoms. The molecule has 2 fully saturated rings. The highest BCUT2D eigenvalue weighted by atomic mass is 16.7. The van der Waals surface area contributed by atoms with Gasteiger partial charge in [0.25, 0.3) is 5.91 Å². The van der Waals surface area contributed by atoms with E-state index in [9.17, 15) is 4.79 Å². The fourth-order valence-corrected chi connectivity index (χ4v) is 3.36. The molecule has 3 rings (SSSR count). The number of nitrogens with zero attached hydrogens (tertiary/aromatic N) is 1. The Labute approximate surface area is 126 Å². The van der Waals surface area contributed by atoms with E-state index >= 15 is 0 Å². The van der Waals surface area contributed by atoms with Crippen LogP contribution in [0.3, 0.4) is 0 Å². The van der Waals surface area contributed by atoms with Crippen LogP contribution in [0.4, 0.5) is 0 Å². The van der Waals surface area contributed by atoms with E-state index < -0.39 is 0 Å². The number of rotatable bonds is 2. The van der Waals surface area contributed by atoms with Gasteiger partial charge in [-0.2, -0.15) is 0 Å². The highest BCUT2D eigenvalue weighted by molar-refractivity contribution is 5.94. The third-order valence-corrected chi connectivity index (χ3v) is 4.66. The second kappa shape index (κ2) is 5.78. The summed E-state index contributed by atoms with van der Waals surface area (Å²) in [4.78, 5) is 14.5.